The monoisotopic (exact) mass is 192 g/mol. The summed E-state index contributed by atoms with van der Waals surface area (Å²) >= 11 is 0. The van der Waals surface area contributed by atoms with Gasteiger partial charge in [-0.2, -0.15) is 0 Å². The molecule has 0 saturated carbocycles. The highest BCUT2D eigenvalue weighted by Crippen LogP contribution is 2.23. The third kappa shape index (κ3) is 2.87. The number of carbonyl (C=O) groups is 1. The molecule has 0 radical (unpaired) electrons. The Bertz CT molecular complexity index is 318. The van der Waals surface area contributed by atoms with E-state index in [2.05, 4.69) is 6.92 Å². The lowest BCUT2D eigenvalue weighted by atomic mass is 9.96. The molecule has 0 amide bonds. The number of hydrogen-bond acceptors (Lipinski definition) is 2. The van der Waals surface area contributed by atoms with Gasteiger partial charge in [-0.15, -0.1) is 0 Å². The largest absolute Gasteiger partial charge is 0.497 e. The summed E-state index contributed by atoms with van der Waals surface area (Å²) in [4.78, 5) is 11.0. The molecular weight excluding hydrogens is 176 g/mol. The second-order valence-electron chi connectivity index (χ2n) is 3.58. The maximum Gasteiger partial charge on any atom is 0.130 e. The summed E-state index contributed by atoms with van der Waals surface area (Å²) in [6.07, 6.45) is 0.590. The van der Waals surface area contributed by atoms with E-state index < -0.39 is 0 Å². The van der Waals surface area contributed by atoms with Crippen LogP contribution in [0.5, 0.6) is 5.75 Å². The fourth-order valence-corrected chi connectivity index (χ4v) is 1.50. The molecule has 76 valence electrons. The summed E-state index contributed by atoms with van der Waals surface area (Å²) in [6, 6.07) is 7.86. The van der Waals surface area contributed by atoms with Crippen LogP contribution in [0.2, 0.25) is 0 Å². The van der Waals surface area contributed by atoms with Gasteiger partial charge in [-0.3, -0.25) is 0 Å². The van der Waals surface area contributed by atoms with E-state index in [0.29, 0.717) is 6.42 Å². The fraction of sp³-hybridized carbons (Fsp3) is 0.417. The first-order valence-corrected chi connectivity index (χ1v) is 4.77. The first-order valence-electron chi connectivity index (χ1n) is 4.77. The summed E-state index contributed by atoms with van der Waals surface area (Å²) in [5.74, 6) is 1.33. The molecule has 0 spiro atoms. The maximum atomic E-state index is 11.0. The molecule has 1 aromatic carbocycles. The second kappa shape index (κ2) is 4.80. The van der Waals surface area contributed by atoms with Crippen LogP contribution in [0.3, 0.4) is 0 Å². The lowest BCUT2D eigenvalue weighted by molar-refractivity contribution is -0.117. The Hall–Kier alpha value is -1.31. The van der Waals surface area contributed by atoms with Crippen molar-refractivity contribution in [2.75, 3.05) is 7.11 Å². The van der Waals surface area contributed by atoms with E-state index in [-0.39, 0.29) is 11.7 Å². The molecule has 0 aliphatic heterocycles. The highest BCUT2D eigenvalue weighted by molar-refractivity contribution is 5.76. The average molecular weight is 192 g/mol. The van der Waals surface area contributed by atoms with Crippen LogP contribution in [0.25, 0.3) is 0 Å². The zero-order chi connectivity index (χ0) is 10.6. The van der Waals surface area contributed by atoms with E-state index in [0.717, 1.165) is 11.3 Å². The molecule has 2 heteroatoms. The molecule has 0 fully saturated rings. The van der Waals surface area contributed by atoms with E-state index >= 15 is 0 Å². The summed E-state index contributed by atoms with van der Waals surface area (Å²) < 4.78 is 5.13. The van der Waals surface area contributed by atoms with Gasteiger partial charge >= 0.3 is 0 Å². The van der Waals surface area contributed by atoms with Crippen LogP contribution >= 0.6 is 0 Å². The first kappa shape index (κ1) is 10.8. The molecule has 1 unspecified atom stereocenters. The van der Waals surface area contributed by atoms with Gasteiger partial charge in [0.05, 0.1) is 7.11 Å². The van der Waals surface area contributed by atoms with E-state index in [9.17, 15) is 4.79 Å². The number of ketones is 1. The number of benzene rings is 1. The highest BCUT2D eigenvalue weighted by Gasteiger charge is 2.08. The van der Waals surface area contributed by atoms with E-state index in [1.165, 1.54) is 0 Å². The molecule has 0 N–H and O–H groups in total. The van der Waals surface area contributed by atoms with Gasteiger partial charge in [0.2, 0.25) is 0 Å². The Morgan fingerprint density at radius 1 is 1.50 bits per heavy atom. The summed E-state index contributed by atoms with van der Waals surface area (Å²) in [5, 5.41) is 0. The molecule has 1 atom stereocenters. The SMILES string of the molecule is COc1cccc(C(C)CC(C)=O)c1. The topological polar surface area (TPSA) is 26.3 Å². The zero-order valence-corrected chi connectivity index (χ0v) is 8.91. The molecule has 1 rings (SSSR count). The molecule has 14 heavy (non-hydrogen) atoms. The Kier molecular flexibility index (Phi) is 3.69. The van der Waals surface area contributed by atoms with Gasteiger partial charge < -0.3 is 9.53 Å². The first-order chi connectivity index (χ1) is 6.63. The number of carbonyl (C=O) groups excluding carboxylic acids is 1. The average Bonchev–Trinajstić information content (AvgIpc) is 2.17. The van der Waals surface area contributed by atoms with Crippen molar-refractivity contribution in [1.29, 1.82) is 0 Å². The van der Waals surface area contributed by atoms with Crippen LogP contribution in [0, 0.1) is 0 Å². The standard InChI is InChI=1S/C12H16O2/c1-9(7-10(2)13)11-5-4-6-12(8-11)14-3/h4-6,8-9H,7H2,1-3H3. The minimum Gasteiger partial charge on any atom is -0.497 e. The van der Waals surface area contributed by atoms with Crippen LogP contribution in [0.1, 0.15) is 31.7 Å². The molecular formula is C12H16O2. The van der Waals surface area contributed by atoms with Crippen molar-refractivity contribution in [3.05, 3.63) is 29.8 Å². The van der Waals surface area contributed by atoms with Crippen LogP contribution < -0.4 is 4.74 Å². The Morgan fingerprint density at radius 2 is 2.21 bits per heavy atom. The van der Waals surface area contributed by atoms with Gasteiger partial charge in [-0.05, 0) is 30.5 Å². The van der Waals surface area contributed by atoms with Crippen molar-refractivity contribution in [1.82, 2.24) is 0 Å². The molecule has 2 nitrogen and oxygen atoms in total. The maximum absolute atomic E-state index is 11.0. The van der Waals surface area contributed by atoms with E-state index in [4.69, 9.17) is 4.74 Å². The molecule has 0 aliphatic carbocycles. The van der Waals surface area contributed by atoms with Gasteiger partial charge in [0.15, 0.2) is 0 Å². The van der Waals surface area contributed by atoms with Crippen molar-refractivity contribution in [3.8, 4) is 5.75 Å². The van der Waals surface area contributed by atoms with E-state index in [1.807, 2.05) is 24.3 Å². The Balaban J connectivity index is 2.78. The van der Waals surface area contributed by atoms with Crippen molar-refractivity contribution < 1.29 is 9.53 Å². The predicted molar refractivity (Wildman–Crippen MR) is 56.7 cm³/mol. The smallest absolute Gasteiger partial charge is 0.130 e. The summed E-state index contributed by atoms with van der Waals surface area (Å²) in [6.45, 7) is 3.67. The molecule has 0 bridgehead atoms. The lowest BCUT2D eigenvalue weighted by Crippen LogP contribution is -2.00. The third-order valence-electron chi connectivity index (χ3n) is 2.26. The van der Waals surface area contributed by atoms with Crippen LogP contribution in [-0.2, 0) is 4.79 Å². The van der Waals surface area contributed by atoms with Crippen molar-refractivity contribution in [2.45, 2.75) is 26.2 Å². The quantitative estimate of drug-likeness (QED) is 0.733. The van der Waals surface area contributed by atoms with Gasteiger partial charge in [0.1, 0.15) is 11.5 Å². The van der Waals surface area contributed by atoms with Crippen molar-refractivity contribution >= 4 is 5.78 Å². The normalized spacial score (nSPS) is 12.2. The molecule has 0 aromatic heterocycles. The van der Waals surface area contributed by atoms with Gasteiger partial charge in [0.25, 0.3) is 0 Å². The second-order valence-corrected chi connectivity index (χ2v) is 3.58. The molecule has 1 aromatic rings. The number of hydrogen-bond donors (Lipinski definition) is 0. The predicted octanol–water partition coefficient (Wildman–Crippen LogP) is 2.78. The number of methoxy groups -OCH3 is 1. The molecule has 0 heterocycles. The van der Waals surface area contributed by atoms with Crippen molar-refractivity contribution in [2.24, 2.45) is 0 Å². The third-order valence-corrected chi connectivity index (χ3v) is 2.26. The molecule has 0 saturated heterocycles. The van der Waals surface area contributed by atoms with Gasteiger partial charge in [0, 0.05) is 6.42 Å². The zero-order valence-electron chi connectivity index (χ0n) is 8.91. The van der Waals surface area contributed by atoms with Crippen molar-refractivity contribution in [3.63, 3.8) is 0 Å². The van der Waals surface area contributed by atoms with Crippen LogP contribution in [-0.4, -0.2) is 12.9 Å². The lowest BCUT2D eigenvalue weighted by Gasteiger charge is -2.10. The summed E-state index contributed by atoms with van der Waals surface area (Å²) in [7, 11) is 1.65. The molecule has 0 aliphatic rings. The van der Waals surface area contributed by atoms with Crippen LogP contribution in [0.15, 0.2) is 24.3 Å². The number of Topliss-reactive ketones (excluding diaryl/α,β-unsaturated/α-hetero) is 1. The number of ether oxygens (including phenoxy) is 1. The van der Waals surface area contributed by atoms with Gasteiger partial charge in [-0.1, -0.05) is 19.1 Å². The van der Waals surface area contributed by atoms with Gasteiger partial charge in [-0.25, -0.2) is 0 Å². The van der Waals surface area contributed by atoms with Crippen LogP contribution in [0.4, 0.5) is 0 Å². The minimum absolute atomic E-state index is 0.223. The number of rotatable bonds is 4. The summed E-state index contributed by atoms with van der Waals surface area (Å²) in [5.41, 5.74) is 1.15. The fourth-order valence-electron chi connectivity index (χ4n) is 1.50. The highest BCUT2D eigenvalue weighted by atomic mass is 16.5. The Labute approximate surface area is 84.9 Å². The minimum atomic E-state index is 0.223. The van der Waals surface area contributed by atoms with E-state index in [1.54, 1.807) is 14.0 Å². The Morgan fingerprint density at radius 3 is 2.79 bits per heavy atom.